The van der Waals surface area contributed by atoms with Crippen LogP contribution in [0.1, 0.15) is 93.0 Å². The average molecular weight is 415 g/mol. The summed E-state index contributed by atoms with van der Waals surface area (Å²) in [4.78, 5) is 11.2. The van der Waals surface area contributed by atoms with Gasteiger partial charge in [-0.2, -0.15) is 0 Å². The van der Waals surface area contributed by atoms with Gasteiger partial charge in [0, 0.05) is 5.39 Å². The molecule has 4 rings (SSSR count). The lowest BCUT2D eigenvalue weighted by Gasteiger charge is -2.42. The number of hydrogen-bond acceptors (Lipinski definition) is 1. The van der Waals surface area contributed by atoms with Gasteiger partial charge in [0.2, 0.25) is 0 Å². The van der Waals surface area contributed by atoms with Crippen molar-refractivity contribution in [2.45, 2.75) is 77.0 Å². The average Bonchev–Trinajstić information content (AvgIpc) is 2.75. The van der Waals surface area contributed by atoms with Crippen LogP contribution >= 0.6 is 0 Å². The second-order valence-corrected chi connectivity index (χ2v) is 9.54. The minimum Gasteiger partial charge on any atom is -0.478 e. The molecule has 4 heteroatoms. The molecule has 0 radical (unpaired) electrons. The van der Waals surface area contributed by atoms with Gasteiger partial charge in [0.25, 0.3) is 0 Å². The normalized spacial score (nSPS) is 26.5. The number of unbranched alkanes of at least 4 members (excludes halogenated alkanes) is 2. The van der Waals surface area contributed by atoms with Crippen molar-refractivity contribution in [3.63, 3.8) is 0 Å². The molecule has 0 amide bonds. The predicted molar refractivity (Wildman–Crippen MR) is 116 cm³/mol. The van der Waals surface area contributed by atoms with E-state index in [4.69, 9.17) is 5.11 Å². The van der Waals surface area contributed by atoms with E-state index in [9.17, 15) is 13.6 Å². The zero-order valence-electron chi connectivity index (χ0n) is 17.8. The van der Waals surface area contributed by atoms with Crippen LogP contribution in [0.3, 0.4) is 0 Å². The minimum atomic E-state index is -1.13. The molecule has 4 atom stereocenters. The molecular weight excluding hydrogens is 382 g/mol. The Bertz CT molecular complexity index is 923. The largest absolute Gasteiger partial charge is 0.478 e. The molecule has 1 N–H and O–H groups in total. The number of carboxylic acids is 1. The zero-order chi connectivity index (χ0) is 21.3. The van der Waals surface area contributed by atoms with Gasteiger partial charge in [-0.05, 0) is 84.9 Å². The van der Waals surface area contributed by atoms with Crippen LogP contribution in [-0.4, -0.2) is 11.1 Å². The quantitative estimate of drug-likeness (QED) is 0.492. The summed E-state index contributed by atoms with van der Waals surface area (Å²) in [6.45, 7) is 2.25. The van der Waals surface area contributed by atoms with E-state index >= 15 is 0 Å². The molecule has 0 spiro atoms. The van der Waals surface area contributed by atoms with Crippen molar-refractivity contribution in [2.24, 2.45) is 17.8 Å². The molecule has 2 aromatic rings. The van der Waals surface area contributed by atoms with E-state index in [0.29, 0.717) is 16.9 Å². The third kappa shape index (κ3) is 4.24. The Kier molecular flexibility index (Phi) is 6.40. The van der Waals surface area contributed by atoms with Gasteiger partial charge < -0.3 is 5.11 Å². The molecule has 2 saturated carbocycles. The Balaban J connectivity index is 1.50. The van der Waals surface area contributed by atoms with E-state index in [2.05, 4.69) is 6.92 Å². The third-order valence-electron chi connectivity index (χ3n) is 7.67. The van der Waals surface area contributed by atoms with Crippen LogP contribution in [0.25, 0.3) is 10.8 Å². The lowest BCUT2D eigenvalue weighted by molar-refractivity contribution is 0.0697. The van der Waals surface area contributed by atoms with Crippen LogP contribution in [0, 0.1) is 29.4 Å². The summed E-state index contributed by atoms with van der Waals surface area (Å²) < 4.78 is 29.8. The molecule has 4 unspecified atom stereocenters. The Hall–Kier alpha value is -1.97. The monoisotopic (exact) mass is 414 g/mol. The number of halogens is 2. The number of carboxylic acid groups (broad SMARTS) is 1. The first-order valence-electron chi connectivity index (χ1n) is 11.6. The van der Waals surface area contributed by atoms with E-state index in [0.717, 1.165) is 31.1 Å². The zero-order valence-corrected chi connectivity index (χ0v) is 17.8. The molecule has 2 fully saturated rings. The second kappa shape index (κ2) is 9.03. The third-order valence-corrected chi connectivity index (χ3v) is 7.67. The van der Waals surface area contributed by atoms with Gasteiger partial charge in [-0.15, -0.1) is 0 Å². The first-order chi connectivity index (χ1) is 14.5. The molecule has 2 aliphatic rings. The maximum atomic E-state index is 15.0. The minimum absolute atomic E-state index is 0.0234. The van der Waals surface area contributed by atoms with Crippen molar-refractivity contribution in [2.75, 3.05) is 0 Å². The van der Waals surface area contributed by atoms with E-state index in [-0.39, 0.29) is 16.9 Å². The van der Waals surface area contributed by atoms with Crippen molar-refractivity contribution in [3.8, 4) is 0 Å². The van der Waals surface area contributed by atoms with Crippen LogP contribution < -0.4 is 0 Å². The van der Waals surface area contributed by atoms with Gasteiger partial charge in [0.15, 0.2) is 11.6 Å². The number of rotatable bonds is 6. The van der Waals surface area contributed by atoms with Crippen LogP contribution in [0.5, 0.6) is 0 Å². The summed E-state index contributed by atoms with van der Waals surface area (Å²) in [5, 5.41) is 9.77. The van der Waals surface area contributed by atoms with E-state index < -0.39 is 17.6 Å². The number of aromatic carboxylic acids is 1. The Morgan fingerprint density at radius 3 is 2.53 bits per heavy atom. The van der Waals surface area contributed by atoms with Crippen LogP contribution in [0.2, 0.25) is 0 Å². The molecule has 30 heavy (non-hydrogen) atoms. The van der Waals surface area contributed by atoms with Crippen LogP contribution in [-0.2, 0) is 0 Å². The number of hydrogen-bond donors (Lipinski definition) is 1. The smallest absolute Gasteiger partial charge is 0.335 e. The fraction of sp³-hybridized carbons (Fsp3) is 0.577. The fourth-order valence-corrected chi connectivity index (χ4v) is 5.99. The van der Waals surface area contributed by atoms with Crippen molar-refractivity contribution in [1.82, 2.24) is 0 Å². The van der Waals surface area contributed by atoms with Crippen molar-refractivity contribution in [3.05, 3.63) is 47.0 Å². The molecule has 162 valence electrons. The van der Waals surface area contributed by atoms with Crippen molar-refractivity contribution < 1.29 is 18.7 Å². The topological polar surface area (TPSA) is 37.3 Å². The standard InChI is InChI=1S/C26H32F2O2/c1-2-3-4-5-16-6-7-18-13-19(9-8-17(18)12-16)22-14-20-10-11-21(26(29)30)15-23(20)25(28)24(22)27/h10-11,14-19H,2-9,12-13H2,1H3,(H,29,30). The summed E-state index contributed by atoms with van der Waals surface area (Å²) >= 11 is 0. The van der Waals surface area contributed by atoms with Crippen LogP contribution in [0.15, 0.2) is 24.3 Å². The first-order valence-corrected chi connectivity index (χ1v) is 11.6. The van der Waals surface area contributed by atoms with E-state index in [1.165, 1.54) is 57.1 Å². The summed E-state index contributed by atoms with van der Waals surface area (Å²) in [5.74, 6) is -0.557. The number of carbonyl (C=O) groups is 1. The lowest BCUT2D eigenvalue weighted by Crippen LogP contribution is -2.30. The summed E-state index contributed by atoms with van der Waals surface area (Å²) in [6, 6.07) is 6.04. The molecular formula is C26H32F2O2. The first kappa shape index (κ1) is 21.3. The maximum absolute atomic E-state index is 15.0. The van der Waals surface area contributed by atoms with Gasteiger partial charge in [0.1, 0.15) is 0 Å². The molecule has 0 aromatic heterocycles. The highest BCUT2D eigenvalue weighted by atomic mass is 19.2. The van der Waals surface area contributed by atoms with Crippen LogP contribution in [0.4, 0.5) is 8.78 Å². The van der Waals surface area contributed by atoms with Gasteiger partial charge in [-0.1, -0.05) is 45.1 Å². The molecule has 0 heterocycles. The Labute approximate surface area is 177 Å². The second-order valence-electron chi connectivity index (χ2n) is 9.54. The van der Waals surface area contributed by atoms with Gasteiger partial charge in [-0.3, -0.25) is 0 Å². The summed E-state index contributed by atoms with van der Waals surface area (Å²) in [7, 11) is 0. The van der Waals surface area contributed by atoms with E-state index in [1.54, 1.807) is 12.1 Å². The molecule has 0 aliphatic heterocycles. The van der Waals surface area contributed by atoms with Gasteiger partial charge in [-0.25, -0.2) is 13.6 Å². The lowest BCUT2D eigenvalue weighted by atomic mass is 9.63. The van der Waals surface area contributed by atoms with Crippen molar-refractivity contribution >= 4 is 16.7 Å². The summed E-state index contributed by atoms with van der Waals surface area (Å²) in [6.07, 6.45) is 12.1. The van der Waals surface area contributed by atoms with Crippen molar-refractivity contribution in [1.29, 1.82) is 0 Å². The molecule has 2 aliphatic carbocycles. The highest BCUT2D eigenvalue weighted by Gasteiger charge is 2.37. The summed E-state index contributed by atoms with van der Waals surface area (Å²) in [5.41, 5.74) is 0.455. The molecule has 0 bridgehead atoms. The Morgan fingerprint density at radius 2 is 1.77 bits per heavy atom. The maximum Gasteiger partial charge on any atom is 0.335 e. The number of fused-ring (bicyclic) bond motifs is 2. The molecule has 0 saturated heterocycles. The highest BCUT2D eigenvalue weighted by Crippen LogP contribution is 2.49. The number of benzene rings is 2. The fourth-order valence-electron chi connectivity index (χ4n) is 5.99. The Morgan fingerprint density at radius 1 is 1.00 bits per heavy atom. The van der Waals surface area contributed by atoms with E-state index in [1.807, 2.05) is 0 Å². The van der Waals surface area contributed by atoms with Gasteiger partial charge >= 0.3 is 5.97 Å². The highest BCUT2D eigenvalue weighted by molar-refractivity contribution is 5.94. The SMILES string of the molecule is CCCCCC1CCC2CC(c3cc4ccc(C(=O)O)cc4c(F)c3F)CCC2C1. The molecule has 2 nitrogen and oxygen atoms in total. The van der Waals surface area contributed by atoms with Gasteiger partial charge in [0.05, 0.1) is 5.56 Å². The molecule has 2 aromatic carbocycles. The predicted octanol–water partition coefficient (Wildman–Crippen LogP) is 7.70.